The SMILES string of the molecule is OC(F)COc1ccc(F)cc1. The Hall–Kier alpha value is -1.16. The molecule has 1 unspecified atom stereocenters. The molecule has 0 radical (unpaired) electrons. The predicted molar refractivity (Wildman–Crippen MR) is 39.0 cm³/mol. The number of hydrogen-bond acceptors (Lipinski definition) is 2. The normalized spacial score (nSPS) is 12.6. The molecule has 0 aromatic heterocycles. The third-order valence-electron chi connectivity index (χ3n) is 1.20. The van der Waals surface area contributed by atoms with Gasteiger partial charge in [0.15, 0.2) is 0 Å². The number of rotatable bonds is 3. The summed E-state index contributed by atoms with van der Waals surface area (Å²) in [5.74, 6) is -0.0590. The molecule has 0 bridgehead atoms. The molecule has 12 heavy (non-hydrogen) atoms. The molecule has 0 saturated carbocycles. The molecule has 2 nitrogen and oxygen atoms in total. The van der Waals surface area contributed by atoms with Gasteiger partial charge in [0.2, 0.25) is 6.36 Å². The first-order valence-corrected chi connectivity index (χ1v) is 3.39. The Kier molecular flexibility index (Phi) is 2.99. The smallest absolute Gasteiger partial charge is 0.230 e. The number of alkyl halides is 1. The van der Waals surface area contributed by atoms with E-state index in [1.807, 2.05) is 0 Å². The van der Waals surface area contributed by atoms with E-state index in [1.54, 1.807) is 0 Å². The van der Waals surface area contributed by atoms with Crippen LogP contribution in [0.4, 0.5) is 8.78 Å². The molecule has 0 fully saturated rings. The molecule has 1 aromatic carbocycles. The molecule has 0 heterocycles. The molecular weight excluding hydrogens is 166 g/mol. The van der Waals surface area contributed by atoms with Crippen LogP contribution in [-0.4, -0.2) is 18.1 Å². The van der Waals surface area contributed by atoms with E-state index < -0.39 is 13.0 Å². The lowest BCUT2D eigenvalue weighted by Crippen LogP contribution is -2.11. The van der Waals surface area contributed by atoms with Crippen molar-refractivity contribution in [1.29, 1.82) is 0 Å². The predicted octanol–water partition coefficient (Wildman–Crippen LogP) is 1.49. The summed E-state index contributed by atoms with van der Waals surface area (Å²) in [4.78, 5) is 0. The number of halogens is 2. The van der Waals surface area contributed by atoms with Gasteiger partial charge in [0, 0.05) is 0 Å². The van der Waals surface area contributed by atoms with E-state index in [-0.39, 0.29) is 5.82 Å². The average molecular weight is 174 g/mol. The molecular formula is C8H8F2O2. The van der Waals surface area contributed by atoms with Gasteiger partial charge in [0.25, 0.3) is 0 Å². The first kappa shape index (κ1) is 8.93. The minimum absolute atomic E-state index is 0.327. The van der Waals surface area contributed by atoms with E-state index in [1.165, 1.54) is 24.3 Å². The highest BCUT2D eigenvalue weighted by Gasteiger charge is 2.00. The van der Waals surface area contributed by atoms with Crippen LogP contribution < -0.4 is 4.74 Å². The number of ether oxygens (including phenoxy) is 1. The van der Waals surface area contributed by atoms with Crippen LogP contribution >= 0.6 is 0 Å². The summed E-state index contributed by atoms with van der Waals surface area (Å²) in [7, 11) is 0. The van der Waals surface area contributed by atoms with E-state index >= 15 is 0 Å². The zero-order valence-corrected chi connectivity index (χ0v) is 6.21. The third-order valence-corrected chi connectivity index (χ3v) is 1.20. The van der Waals surface area contributed by atoms with Crippen molar-refractivity contribution < 1.29 is 18.6 Å². The van der Waals surface area contributed by atoms with Crippen LogP contribution in [0.5, 0.6) is 5.75 Å². The first-order chi connectivity index (χ1) is 5.68. The standard InChI is InChI=1S/C8H8F2O2/c9-6-1-3-7(4-2-6)12-5-8(10)11/h1-4,8,11H,5H2. The summed E-state index contributed by atoms with van der Waals surface area (Å²) in [5, 5.41) is 8.20. The Morgan fingerprint density at radius 2 is 1.92 bits per heavy atom. The molecule has 0 aliphatic carbocycles. The van der Waals surface area contributed by atoms with Crippen LogP contribution in [0, 0.1) is 5.82 Å². The Labute approximate surface area is 68.4 Å². The summed E-state index contributed by atoms with van der Waals surface area (Å²) in [5.41, 5.74) is 0. The van der Waals surface area contributed by atoms with Gasteiger partial charge in [-0.3, -0.25) is 0 Å². The number of aliphatic hydroxyl groups is 1. The third kappa shape index (κ3) is 2.84. The van der Waals surface area contributed by atoms with Gasteiger partial charge in [0.1, 0.15) is 18.2 Å². The summed E-state index contributed by atoms with van der Waals surface area (Å²) in [6, 6.07) is 5.11. The van der Waals surface area contributed by atoms with Crippen molar-refractivity contribution in [2.75, 3.05) is 6.61 Å². The number of aliphatic hydroxyl groups excluding tert-OH is 1. The molecule has 0 saturated heterocycles. The molecule has 0 aliphatic rings. The zero-order chi connectivity index (χ0) is 8.97. The first-order valence-electron chi connectivity index (χ1n) is 3.39. The molecule has 0 amide bonds. The maximum absolute atomic E-state index is 12.3. The molecule has 1 rings (SSSR count). The van der Waals surface area contributed by atoms with E-state index in [9.17, 15) is 8.78 Å². The van der Waals surface area contributed by atoms with E-state index in [2.05, 4.69) is 0 Å². The monoisotopic (exact) mass is 174 g/mol. The van der Waals surface area contributed by atoms with E-state index in [0.29, 0.717) is 5.75 Å². The van der Waals surface area contributed by atoms with Crippen molar-refractivity contribution in [2.24, 2.45) is 0 Å². The lowest BCUT2D eigenvalue weighted by atomic mass is 10.3. The quantitative estimate of drug-likeness (QED) is 0.752. The highest BCUT2D eigenvalue weighted by molar-refractivity contribution is 5.21. The highest BCUT2D eigenvalue weighted by atomic mass is 19.1. The lowest BCUT2D eigenvalue weighted by Gasteiger charge is -2.04. The molecule has 1 aromatic rings. The van der Waals surface area contributed by atoms with Gasteiger partial charge in [-0.15, -0.1) is 0 Å². The Morgan fingerprint density at radius 1 is 1.33 bits per heavy atom. The summed E-state index contributed by atoms with van der Waals surface area (Å²) >= 11 is 0. The van der Waals surface area contributed by atoms with E-state index in [4.69, 9.17) is 9.84 Å². The van der Waals surface area contributed by atoms with Gasteiger partial charge < -0.3 is 9.84 Å². The van der Waals surface area contributed by atoms with Gasteiger partial charge in [-0.2, -0.15) is 0 Å². The number of hydrogen-bond donors (Lipinski definition) is 1. The number of benzene rings is 1. The average Bonchev–Trinajstić information content (AvgIpc) is 2.03. The molecule has 1 N–H and O–H groups in total. The lowest BCUT2D eigenvalue weighted by molar-refractivity contribution is 0.00111. The van der Waals surface area contributed by atoms with Gasteiger partial charge >= 0.3 is 0 Å². The zero-order valence-electron chi connectivity index (χ0n) is 6.21. The van der Waals surface area contributed by atoms with Crippen LogP contribution in [0.15, 0.2) is 24.3 Å². The Morgan fingerprint density at radius 3 is 2.42 bits per heavy atom. The van der Waals surface area contributed by atoms with Crippen molar-refractivity contribution in [2.45, 2.75) is 6.36 Å². The highest BCUT2D eigenvalue weighted by Crippen LogP contribution is 2.11. The van der Waals surface area contributed by atoms with Gasteiger partial charge in [-0.1, -0.05) is 0 Å². The van der Waals surface area contributed by atoms with Crippen LogP contribution in [0.2, 0.25) is 0 Å². The van der Waals surface area contributed by atoms with E-state index in [0.717, 1.165) is 0 Å². The van der Waals surface area contributed by atoms with Crippen molar-refractivity contribution in [3.8, 4) is 5.75 Å². The summed E-state index contributed by atoms with van der Waals surface area (Å²) < 4.78 is 28.9. The summed E-state index contributed by atoms with van der Waals surface area (Å²) in [6.45, 7) is -0.439. The maximum atomic E-state index is 12.3. The van der Waals surface area contributed by atoms with Crippen LogP contribution in [0.25, 0.3) is 0 Å². The molecule has 66 valence electrons. The Bertz CT molecular complexity index is 233. The Balaban J connectivity index is 2.48. The topological polar surface area (TPSA) is 29.5 Å². The molecule has 0 spiro atoms. The maximum Gasteiger partial charge on any atom is 0.230 e. The second-order valence-electron chi connectivity index (χ2n) is 2.20. The van der Waals surface area contributed by atoms with Crippen LogP contribution in [0.1, 0.15) is 0 Å². The van der Waals surface area contributed by atoms with Crippen molar-refractivity contribution in [3.05, 3.63) is 30.1 Å². The second-order valence-corrected chi connectivity index (χ2v) is 2.20. The molecule has 0 aliphatic heterocycles. The van der Waals surface area contributed by atoms with Gasteiger partial charge in [-0.25, -0.2) is 8.78 Å². The van der Waals surface area contributed by atoms with Crippen molar-refractivity contribution >= 4 is 0 Å². The van der Waals surface area contributed by atoms with Crippen LogP contribution in [0.3, 0.4) is 0 Å². The molecule has 4 heteroatoms. The minimum atomic E-state index is -2.00. The van der Waals surface area contributed by atoms with Gasteiger partial charge in [-0.05, 0) is 24.3 Å². The fourth-order valence-electron chi connectivity index (χ4n) is 0.696. The van der Waals surface area contributed by atoms with Crippen LogP contribution in [-0.2, 0) is 0 Å². The summed E-state index contributed by atoms with van der Waals surface area (Å²) in [6.07, 6.45) is -2.00. The minimum Gasteiger partial charge on any atom is -0.488 e. The largest absolute Gasteiger partial charge is 0.488 e. The van der Waals surface area contributed by atoms with Crippen molar-refractivity contribution in [3.63, 3.8) is 0 Å². The fraction of sp³-hybridized carbons (Fsp3) is 0.250. The second kappa shape index (κ2) is 4.01. The van der Waals surface area contributed by atoms with Crippen molar-refractivity contribution in [1.82, 2.24) is 0 Å². The molecule has 1 atom stereocenters. The fourth-order valence-corrected chi connectivity index (χ4v) is 0.696. The van der Waals surface area contributed by atoms with Gasteiger partial charge in [0.05, 0.1) is 0 Å².